The second kappa shape index (κ2) is 7.18. The van der Waals surface area contributed by atoms with Crippen molar-refractivity contribution in [1.29, 1.82) is 0 Å². The van der Waals surface area contributed by atoms with Crippen molar-refractivity contribution in [2.45, 2.75) is 63.8 Å². The molecule has 2 aliphatic rings. The first-order valence-corrected chi connectivity index (χ1v) is 12.7. The Balaban J connectivity index is 1.63. The van der Waals surface area contributed by atoms with Gasteiger partial charge in [-0.3, -0.25) is 0 Å². The number of amidine groups is 1. The minimum atomic E-state index is -9.94. The fourth-order valence-electron chi connectivity index (χ4n) is 5.17. The number of rotatable bonds is 6. The number of halogens is 5. The molecule has 1 saturated carbocycles. The molecule has 1 aromatic carbocycles. The molecule has 0 amide bonds. The van der Waals surface area contributed by atoms with Crippen LogP contribution in [0.25, 0.3) is 0 Å². The second-order valence-electron chi connectivity index (χ2n) is 8.96. The summed E-state index contributed by atoms with van der Waals surface area (Å²) in [7, 11) is -7.73. The van der Waals surface area contributed by atoms with Crippen molar-refractivity contribution in [3.63, 3.8) is 0 Å². The maximum absolute atomic E-state index is 13.4. The first-order valence-electron chi connectivity index (χ1n) is 10.5. The zero-order valence-electron chi connectivity index (χ0n) is 17.4. The van der Waals surface area contributed by atoms with Gasteiger partial charge >= 0.3 is 150 Å². The van der Waals surface area contributed by atoms with E-state index in [1.807, 2.05) is 12.1 Å². The number of benzene rings is 1. The van der Waals surface area contributed by atoms with E-state index in [1.54, 1.807) is 0 Å². The monoisotopic (exact) mass is 438 g/mol. The standard InChI is InChI=1S/C21H32F5N2P/c1-4-5-16-6-10-18(11-7-16)19-12-8-17(9-13-19)14-20-15-27(2)21(28(20)3)29(22,23,24,25)26/h8-9,12-13,16,18,20H,4-7,10-11,14-15H2,1-3H3. The van der Waals surface area contributed by atoms with Crippen molar-refractivity contribution >= 4 is 13.1 Å². The van der Waals surface area contributed by atoms with Crippen LogP contribution in [-0.2, 0) is 6.42 Å². The van der Waals surface area contributed by atoms with E-state index in [-0.39, 0.29) is 6.54 Å². The number of hydrogen-bond donors (Lipinski definition) is 0. The van der Waals surface area contributed by atoms with E-state index in [0.29, 0.717) is 16.9 Å². The van der Waals surface area contributed by atoms with Crippen LogP contribution in [-0.4, -0.2) is 41.7 Å². The van der Waals surface area contributed by atoms with Gasteiger partial charge in [-0.1, -0.05) is 19.8 Å². The Kier molecular flexibility index (Phi) is 5.56. The molecule has 0 spiro atoms. The molecule has 1 heterocycles. The van der Waals surface area contributed by atoms with Gasteiger partial charge in [-0.05, 0) is 0 Å². The number of likely N-dealkylation sites (N-methyl/N-ethyl adjacent to an activating group) is 2. The normalized spacial score (nSPS) is 28.4. The van der Waals surface area contributed by atoms with Gasteiger partial charge in [0.15, 0.2) is 0 Å². The molecule has 1 atom stereocenters. The summed E-state index contributed by atoms with van der Waals surface area (Å²) in [6.07, 6.45) is 7.72. The Hall–Kier alpha value is -1.23. The van der Waals surface area contributed by atoms with E-state index in [0.717, 1.165) is 30.5 Å². The molecular formula is C21H32F5N2P. The zero-order chi connectivity index (χ0) is 21.5. The molecule has 0 saturated heterocycles. The van der Waals surface area contributed by atoms with Crippen molar-refractivity contribution in [3.8, 4) is 0 Å². The summed E-state index contributed by atoms with van der Waals surface area (Å²) < 4.78 is 67.5. The fraction of sp³-hybridized carbons (Fsp3) is 0.667. The summed E-state index contributed by atoms with van der Waals surface area (Å²) in [5, 5.41) is 0. The minimum absolute atomic E-state index is 0.0642. The average Bonchev–Trinajstić information content (AvgIpc) is 2.89. The van der Waals surface area contributed by atoms with Crippen LogP contribution in [0.4, 0.5) is 21.0 Å². The van der Waals surface area contributed by atoms with Crippen LogP contribution in [0.2, 0.25) is 0 Å². The molecule has 2 nitrogen and oxygen atoms in total. The molecular weight excluding hydrogens is 406 g/mol. The van der Waals surface area contributed by atoms with E-state index >= 15 is 0 Å². The Labute approximate surface area is 169 Å². The summed E-state index contributed by atoms with van der Waals surface area (Å²) in [6, 6.07) is 7.39. The van der Waals surface area contributed by atoms with Crippen molar-refractivity contribution in [3.05, 3.63) is 35.4 Å². The van der Waals surface area contributed by atoms with Crippen LogP contribution in [0.15, 0.2) is 24.3 Å². The molecule has 1 unspecified atom stereocenters. The van der Waals surface area contributed by atoms with E-state index in [9.17, 15) is 21.0 Å². The van der Waals surface area contributed by atoms with E-state index in [4.69, 9.17) is 0 Å². The molecule has 29 heavy (non-hydrogen) atoms. The van der Waals surface area contributed by atoms with Crippen LogP contribution in [0.5, 0.6) is 0 Å². The molecule has 3 rings (SSSR count). The summed E-state index contributed by atoms with van der Waals surface area (Å²) >= 11 is 0. The molecule has 1 aromatic rings. The third-order valence-corrected chi connectivity index (χ3v) is 7.95. The fourth-order valence-corrected chi connectivity index (χ4v) is 6.65. The van der Waals surface area contributed by atoms with Crippen LogP contribution < -0.4 is 0 Å². The van der Waals surface area contributed by atoms with Gasteiger partial charge in [0.25, 0.3) is 0 Å². The molecule has 166 valence electrons. The molecule has 1 fully saturated rings. The first-order chi connectivity index (χ1) is 13.3. The number of hydrogen-bond acceptors (Lipinski definition) is 1. The maximum atomic E-state index is 13.4. The van der Waals surface area contributed by atoms with Gasteiger partial charge in [0, 0.05) is 0 Å². The third kappa shape index (κ3) is 5.28. The molecule has 1 aliphatic heterocycles. The van der Waals surface area contributed by atoms with Gasteiger partial charge in [-0.2, -0.15) is 0 Å². The van der Waals surface area contributed by atoms with Gasteiger partial charge in [-0.15, -0.1) is 0 Å². The summed E-state index contributed by atoms with van der Waals surface area (Å²) in [5.41, 5.74) is 0.394. The van der Waals surface area contributed by atoms with Crippen molar-refractivity contribution < 1.29 is 25.6 Å². The van der Waals surface area contributed by atoms with Gasteiger partial charge in [0.2, 0.25) is 0 Å². The second-order valence-corrected chi connectivity index (χ2v) is 11.5. The SMILES string of the molecule is CCCC1CCC(c2ccc(CC3C[N+](C)=C([P-](F)(F)(F)(F)F)N3C)cc2)CC1. The number of nitrogens with zero attached hydrogens (tertiary/aromatic N) is 2. The molecule has 0 bridgehead atoms. The van der Waals surface area contributed by atoms with Gasteiger partial charge in [-0.25, -0.2) is 0 Å². The van der Waals surface area contributed by atoms with Gasteiger partial charge in [0.1, 0.15) is 0 Å². The van der Waals surface area contributed by atoms with Gasteiger partial charge < -0.3 is 0 Å². The van der Waals surface area contributed by atoms with Crippen molar-refractivity contribution in [2.24, 2.45) is 5.92 Å². The van der Waals surface area contributed by atoms with Crippen molar-refractivity contribution in [1.82, 2.24) is 4.90 Å². The van der Waals surface area contributed by atoms with Crippen LogP contribution >= 0.6 is 7.50 Å². The zero-order valence-corrected chi connectivity index (χ0v) is 18.3. The predicted octanol–water partition coefficient (Wildman–Crippen LogP) is 7.13. The molecule has 1 aliphatic carbocycles. The Morgan fingerprint density at radius 2 is 1.59 bits per heavy atom. The van der Waals surface area contributed by atoms with E-state index in [1.165, 1.54) is 44.1 Å². The quantitative estimate of drug-likeness (QED) is 0.260. The summed E-state index contributed by atoms with van der Waals surface area (Å²) in [5.74, 6) is 1.39. The molecule has 0 N–H and O–H groups in total. The summed E-state index contributed by atoms with van der Waals surface area (Å²) in [4.78, 5) is 0.721. The molecule has 0 radical (unpaired) electrons. The van der Waals surface area contributed by atoms with E-state index in [2.05, 4.69) is 19.1 Å². The Bertz CT molecular complexity index is 765. The van der Waals surface area contributed by atoms with Crippen LogP contribution in [0.1, 0.15) is 62.5 Å². The third-order valence-electron chi connectivity index (χ3n) is 6.53. The first kappa shape index (κ1) is 22.5. The average molecular weight is 438 g/mol. The van der Waals surface area contributed by atoms with Crippen molar-refractivity contribution in [2.75, 3.05) is 20.6 Å². The Morgan fingerprint density at radius 1 is 1.00 bits per heavy atom. The predicted molar refractivity (Wildman–Crippen MR) is 110 cm³/mol. The van der Waals surface area contributed by atoms with Gasteiger partial charge in [0.05, 0.1) is 0 Å². The topological polar surface area (TPSA) is 6.25 Å². The molecule has 0 aromatic heterocycles. The van der Waals surface area contributed by atoms with Crippen LogP contribution in [0, 0.1) is 5.92 Å². The van der Waals surface area contributed by atoms with E-state index < -0.39 is 19.1 Å². The van der Waals surface area contributed by atoms with Crippen LogP contribution in [0.3, 0.4) is 0 Å². The summed E-state index contributed by atoms with van der Waals surface area (Å²) in [6.45, 7) is 2.16. The Morgan fingerprint density at radius 3 is 2.07 bits per heavy atom. The molecule has 8 heteroatoms.